The SMILES string of the molecule is Cc1c(C#N)csc1-c1ccccc1. The Labute approximate surface area is 87.3 Å². The third-order valence-corrected chi connectivity index (χ3v) is 3.33. The second-order valence-corrected chi connectivity index (χ2v) is 3.96. The lowest BCUT2D eigenvalue weighted by atomic mass is 10.1. The molecule has 0 spiro atoms. The van der Waals surface area contributed by atoms with Gasteiger partial charge in [0.05, 0.1) is 5.56 Å². The lowest BCUT2D eigenvalue weighted by molar-refractivity contribution is 1.44. The van der Waals surface area contributed by atoms with Crippen LogP contribution in [0.15, 0.2) is 35.7 Å². The van der Waals surface area contributed by atoms with Gasteiger partial charge < -0.3 is 0 Å². The van der Waals surface area contributed by atoms with Gasteiger partial charge >= 0.3 is 0 Å². The quantitative estimate of drug-likeness (QED) is 0.688. The minimum absolute atomic E-state index is 0.786. The normalized spacial score (nSPS) is 9.71. The summed E-state index contributed by atoms with van der Waals surface area (Å²) in [6.45, 7) is 2.00. The molecule has 0 unspecified atom stereocenters. The number of thiophene rings is 1. The highest BCUT2D eigenvalue weighted by molar-refractivity contribution is 7.14. The van der Waals surface area contributed by atoms with E-state index in [9.17, 15) is 0 Å². The van der Waals surface area contributed by atoms with Crippen molar-refractivity contribution in [1.29, 1.82) is 5.26 Å². The second-order valence-electron chi connectivity index (χ2n) is 3.08. The van der Waals surface area contributed by atoms with Crippen LogP contribution in [-0.4, -0.2) is 0 Å². The van der Waals surface area contributed by atoms with E-state index in [-0.39, 0.29) is 0 Å². The first-order valence-corrected chi connectivity index (χ1v) is 5.24. The van der Waals surface area contributed by atoms with E-state index in [2.05, 4.69) is 18.2 Å². The zero-order valence-electron chi connectivity index (χ0n) is 7.82. The summed E-state index contributed by atoms with van der Waals surface area (Å²) in [6, 6.07) is 12.4. The number of benzene rings is 1. The molecule has 14 heavy (non-hydrogen) atoms. The number of rotatable bonds is 1. The Morgan fingerprint density at radius 2 is 1.93 bits per heavy atom. The molecule has 0 aliphatic rings. The van der Waals surface area contributed by atoms with Gasteiger partial charge in [0.15, 0.2) is 0 Å². The summed E-state index contributed by atoms with van der Waals surface area (Å²) in [5, 5.41) is 10.7. The molecule has 0 saturated heterocycles. The van der Waals surface area contributed by atoms with Crippen LogP contribution in [0.5, 0.6) is 0 Å². The highest BCUT2D eigenvalue weighted by atomic mass is 32.1. The molecule has 0 atom stereocenters. The first-order valence-electron chi connectivity index (χ1n) is 4.36. The number of nitriles is 1. The number of hydrogen-bond acceptors (Lipinski definition) is 2. The molecule has 0 bridgehead atoms. The summed E-state index contributed by atoms with van der Waals surface area (Å²) < 4.78 is 0. The molecule has 2 rings (SSSR count). The van der Waals surface area contributed by atoms with Gasteiger partial charge in [-0.1, -0.05) is 30.3 Å². The maximum absolute atomic E-state index is 8.84. The van der Waals surface area contributed by atoms with E-state index >= 15 is 0 Å². The van der Waals surface area contributed by atoms with Gasteiger partial charge in [-0.3, -0.25) is 0 Å². The van der Waals surface area contributed by atoms with E-state index < -0.39 is 0 Å². The first kappa shape index (κ1) is 8.98. The van der Waals surface area contributed by atoms with Gasteiger partial charge in [0.25, 0.3) is 0 Å². The van der Waals surface area contributed by atoms with Gasteiger partial charge in [-0.05, 0) is 18.1 Å². The third kappa shape index (κ3) is 1.43. The Balaban J connectivity index is 2.54. The van der Waals surface area contributed by atoms with E-state index in [4.69, 9.17) is 5.26 Å². The van der Waals surface area contributed by atoms with Gasteiger partial charge in [0.2, 0.25) is 0 Å². The van der Waals surface area contributed by atoms with E-state index in [1.807, 2.05) is 30.5 Å². The highest BCUT2D eigenvalue weighted by Crippen LogP contribution is 2.31. The van der Waals surface area contributed by atoms with Crippen molar-refractivity contribution in [3.63, 3.8) is 0 Å². The average Bonchev–Trinajstić information content (AvgIpc) is 2.61. The second kappa shape index (κ2) is 3.65. The van der Waals surface area contributed by atoms with Crippen molar-refractivity contribution in [2.24, 2.45) is 0 Å². The molecule has 0 saturated carbocycles. The van der Waals surface area contributed by atoms with E-state index in [1.165, 1.54) is 10.4 Å². The molecule has 1 heterocycles. The molecule has 68 valence electrons. The van der Waals surface area contributed by atoms with Crippen molar-refractivity contribution in [3.05, 3.63) is 46.8 Å². The summed E-state index contributed by atoms with van der Waals surface area (Å²) in [5.74, 6) is 0. The van der Waals surface area contributed by atoms with Gasteiger partial charge in [0.1, 0.15) is 6.07 Å². The first-order chi connectivity index (χ1) is 6.83. The zero-order valence-corrected chi connectivity index (χ0v) is 8.64. The van der Waals surface area contributed by atoms with E-state index in [0.29, 0.717) is 0 Å². The van der Waals surface area contributed by atoms with Crippen LogP contribution in [0.4, 0.5) is 0 Å². The molecule has 0 aliphatic heterocycles. The average molecular weight is 199 g/mol. The maximum atomic E-state index is 8.84. The third-order valence-electron chi connectivity index (χ3n) is 2.20. The topological polar surface area (TPSA) is 23.8 Å². The largest absolute Gasteiger partial charge is 0.192 e. The molecule has 1 aromatic heterocycles. The van der Waals surface area contributed by atoms with Crippen LogP contribution in [0.25, 0.3) is 10.4 Å². The van der Waals surface area contributed by atoms with Gasteiger partial charge in [-0.25, -0.2) is 0 Å². The van der Waals surface area contributed by atoms with Gasteiger partial charge in [-0.2, -0.15) is 5.26 Å². The molecule has 0 fully saturated rings. The smallest absolute Gasteiger partial charge is 0.100 e. The molecular weight excluding hydrogens is 190 g/mol. The van der Waals surface area contributed by atoms with Gasteiger partial charge in [0, 0.05) is 10.3 Å². The predicted octanol–water partition coefficient (Wildman–Crippen LogP) is 3.60. The van der Waals surface area contributed by atoms with Crippen molar-refractivity contribution >= 4 is 11.3 Å². The lowest BCUT2D eigenvalue weighted by Gasteiger charge is -1.98. The fraction of sp³-hybridized carbons (Fsp3) is 0.0833. The van der Waals surface area contributed by atoms with E-state index in [1.54, 1.807) is 11.3 Å². The standard InChI is InChI=1S/C12H9NS/c1-9-11(7-13)8-14-12(9)10-5-3-2-4-6-10/h2-6,8H,1H3. The summed E-state index contributed by atoms with van der Waals surface area (Å²) in [5.41, 5.74) is 3.06. The zero-order chi connectivity index (χ0) is 9.97. The van der Waals surface area contributed by atoms with Crippen LogP contribution in [0.3, 0.4) is 0 Å². The number of nitrogens with zero attached hydrogens (tertiary/aromatic N) is 1. The van der Waals surface area contributed by atoms with Crippen molar-refractivity contribution in [2.45, 2.75) is 6.92 Å². The Morgan fingerprint density at radius 1 is 1.21 bits per heavy atom. The van der Waals surface area contributed by atoms with Crippen LogP contribution in [0, 0.1) is 18.3 Å². The minimum atomic E-state index is 0.786. The highest BCUT2D eigenvalue weighted by Gasteiger charge is 2.07. The van der Waals surface area contributed by atoms with Crippen molar-refractivity contribution in [3.8, 4) is 16.5 Å². The molecular formula is C12H9NS. The fourth-order valence-electron chi connectivity index (χ4n) is 1.40. The molecule has 0 radical (unpaired) electrons. The summed E-state index contributed by atoms with van der Waals surface area (Å²) in [6.07, 6.45) is 0. The molecule has 0 N–H and O–H groups in total. The van der Waals surface area contributed by atoms with Crippen LogP contribution >= 0.6 is 11.3 Å². The molecule has 1 aromatic carbocycles. The Kier molecular flexibility index (Phi) is 2.34. The molecule has 2 aromatic rings. The Morgan fingerprint density at radius 3 is 2.50 bits per heavy atom. The minimum Gasteiger partial charge on any atom is -0.192 e. The molecule has 2 heteroatoms. The fourth-order valence-corrected chi connectivity index (χ4v) is 2.43. The maximum Gasteiger partial charge on any atom is 0.100 e. The predicted molar refractivity (Wildman–Crippen MR) is 59.2 cm³/mol. The molecule has 1 nitrogen and oxygen atoms in total. The monoisotopic (exact) mass is 199 g/mol. The summed E-state index contributed by atoms with van der Waals surface area (Å²) in [7, 11) is 0. The Hall–Kier alpha value is -1.59. The summed E-state index contributed by atoms with van der Waals surface area (Å²) >= 11 is 1.63. The van der Waals surface area contributed by atoms with Crippen molar-refractivity contribution < 1.29 is 0 Å². The Bertz CT molecular complexity index is 477. The number of hydrogen-bond donors (Lipinski definition) is 0. The lowest BCUT2D eigenvalue weighted by Crippen LogP contribution is -1.77. The van der Waals surface area contributed by atoms with Crippen LogP contribution in [0.2, 0.25) is 0 Å². The van der Waals surface area contributed by atoms with Crippen LogP contribution in [0.1, 0.15) is 11.1 Å². The summed E-state index contributed by atoms with van der Waals surface area (Å²) in [4.78, 5) is 1.20. The van der Waals surface area contributed by atoms with E-state index in [0.717, 1.165) is 11.1 Å². The molecule has 0 aliphatic carbocycles. The molecule has 0 amide bonds. The van der Waals surface area contributed by atoms with Gasteiger partial charge in [-0.15, -0.1) is 11.3 Å². The van der Waals surface area contributed by atoms with Crippen LogP contribution < -0.4 is 0 Å². The van der Waals surface area contributed by atoms with Crippen molar-refractivity contribution in [2.75, 3.05) is 0 Å². The van der Waals surface area contributed by atoms with Crippen molar-refractivity contribution in [1.82, 2.24) is 0 Å². The van der Waals surface area contributed by atoms with Crippen LogP contribution in [-0.2, 0) is 0 Å².